The van der Waals surface area contributed by atoms with Crippen molar-refractivity contribution in [1.82, 2.24) is 0 Å². The molecule has 1 unspecified atom stereocenters. The Balaban J connectivity index is 0. The van der Waals surface area contributed by atoms with Crippen LogP contribution < -0.4 is 0 Å². The van der Waals surface area contributed by atoms with Crippen molar-refractivity contribution in [2.24, 2.45) is 5.92 Å². The van der Waals surface area contributed by atoms with Gasteiger partial charge in [-0.15, -0.1) is 13.2 Å². The first kappa shape index (κ1) is 37.9. The molecular formula is C37H68. The van der Waals surface area contributed by atoms with E-state index in [-0.39, 0.29) is 0 Å². The third kappa shape index (κ3) is 27.5. The van der Waals surface area contributed by atoms with Gasteiger partial charge in [0.15, 0.2) is 0 Å². The van der Waals surface area contributed by atoms with Crippen LogP contribution in [0.25, 0.3) is 0 Å². The minimum absolute atomic E-state index is 0.470. The van der Waals surface area contributed by atoms with Gasteiger partial charge in [-0.1, -0.05) is 160 Å². The average Bonchev–Trinajstić information content (AvgIpc) is 3.07. The van der Waals surface area contributed by atoms with Crippen molar-refractivity contribution in [3.63, 3.8) is 0 Å². The highest BCUT2D eigenvalue weighted by molar-refractivity contribution is 5.42. The summed E-state index contributed by atoms with van der Waals surface area (Å²) < 4.78 is 0. The lowest BCUT2D eigenvalue weighted by atomic mass is 10.0. The van der Waals surface area contributed by atoms with Gasteiger partial charge in [0.1, 0.15) is 0 Å². The highest BCUT2D eigenvalue weighted by Crippen LogP contribution is 2.36. The van der Waals surface area contributed by atoms with E-state index in [1.165, 1.54) is 151 Å². The Hall–Kier alpha value is -1.30. The van der Waals surface area contributed by atoms with Crippen LogP contribution in [0.3, 0.4) is 0 Å². The van der Waals surface area contributed by atoms with Crippen LogP contribution in [0.1, 0.15) is 169 Å². The zero-order valence-electron chi connectivity index (χ0n) is 26.5. The van der Waals surface area contributed by atoms with Crippen molar-refractivity contribution < 1.29 is 0 Å². The molecule has 0 heteroatoms. The lowest BCUT2D eigenvalue weighted by molar-refractivity contribution is 0.564. The third-order valence-corrected chi connectivity index (χ3v) is 7.44. The third-order valence-electron chi connectivity index (χ3n) is 7.44. The van der Waals surface area contributed by atoms with Crippen molar-refractivity contribution in [3.8, 4) is 0 Å². The maximum Gasteiger partial charge on any atom is 0.00172 e. The predicted octanol–water partition coefficient (Wildman–Crippen LogP) is 13.7. The van der Waals surface area contributed by atoms with E-state index in [2.05, 4.69) is 67.5 Å². The lowest BCUT2D eigenvalue weighted by Crippen LogP contribution is -1.88. The van der Waals surface area contributed by atoms with Crippen LogP contribution in [0, 0.1) is 5.92 Å². The molecule has 1 aliphatic carbocycles. The first-order valence-corrected chi connectivity index (χ1v) is 16.0. The normalized spacial score (nSPS) is 14.6. The van der Waals surface area contributed by atoms with Gasteiger partial charge < -0.3 is 0 Å². The number of rotatable bonds is 20. The summed E-state index contributed by atoms with van der Waals surface area (Å²) in [6.45, 7) is 30.5. The molecule has 0 amide bonds. The van der Waals surface area contributed by atoms with Gasteiger partial charge in [-0.2, -0.15) is 0 Å². The summed E-state index contributed by atoms with van der Waals surface area (Å²) in [5, 5.41) is 0. The van der Waals surface area contributed by atoms with Gasteiger partial charge in [-0.3, -0.25) is 0 Å². The maximum absolute atomic E-state index is 3.92. The first-order valence-electron chi connectivity index (χ1n) is 16.0. The summed E-state index contributed by atoms with van der Waals surface area (Å²) in [4.78, 5) is 0. The smallest absolute Gasteiger partial charge is 0.00172 e. The molecule has 0 nitrogen and oxygen atoms in total. The summed E-state index contributed by atoms with van der Waals surface area (Å²) in [5.41, 5.74) is 6.26. The molecule has 216 valence electrons. The molecule has 1 saturated carbocycles. The largest absolute Gasteiger partial charge is 0.100 e. The van der Waals surface area contributed by atoms with Gasteiger partial charge in [0.25, 0.3) is 0 Å². The minimum Gasteiger partial charge on any atom is -0.100 e. The van der Waals surface area contributed by atoms with Gasteiger partial charge in [0.2, 0.25) is 0 Å². The van der Waals surface area contributed by atoms with E-state index in [0.29, 0.717) is 5.92 Å². The fraction of sp³-hybridized carbons (Fsp3) is 0.730. The van der Waals surface area contributed by atoms with Gasteiger partial charge in [0, 0.05) is 5.92 Å². The first-order chi connectivity index (χ1) is 17.7. The average molecular weight is 513 g/mol. The quantitative estimate of drug-likeness (QED) is 0.112. The van der Waals surface area contributed by atoms with Crippen LogP contribution in [0.5, 0.6) is 0 Å². The van der Waals surface area contributed by atoms with Crippen LogP contribution in [-0.4, -0.2) is 0 Å². The Morgan fingerprint density at radius 1 is 0.568 bits per heavy atom. The topological polar surface area (TPSA) is 0 Å². The van der Waals surface area contributed by atoms with Crippen molar-refractivity contribution in [1.29, 1.82) is 0 Å². The minimum atomic E-state index is 0.470. The fourth-order valence-corrected chi connectivity index (χ4v) is 4.57. The van der Waals surface area contributed by atoms with E-state index in [1.807, 2.05) is 0 Å². The Labute approximate surface area is 235 Å². The van der Waals surface area contributed by atoms with E-state index < -0.39 is 0 Å². The van der Waals surface area contributed by atoms with Crippen molar-refractivity contribution in [2.45, 2.75) is 169 Å². The molecule has 37 heavy (non-hydrogen) atoms. The Morgan fingerprint density at radius 2 is 0.865 bits per heavy atom. The van der Waals surface area contributed by atoms with E-state index in [4.69, 9.17) is 0 Å². The van der Waals surface area contributed by atoms with Crippen molar-refractivity contribution in [3.05, 3.63) is 60.8 Å². The molecule has 0 N–H and O–H groups in total. The van der Waals surface area contributed by atoms with Gasteiger partial charge in [-0.25, -0.2) is 0 Å². The summed E-state index contributed by atoms with van der Waals surface area (Å²) >= 11 is 0. The molecule has 0 heterocycles. The Bertz CT molecular complexity index is 570. The summed E-state index contributed by atoms with van der Waals surface area (Å²) in [5.74, 6) is 0.470. The standard InChI is InChI=1S/2C14H28.C9H12/c2*1-4-5-6-7-8-9-10-11-12-13-14(2)3;1-6-5-7(2)9(4)8(6)3/h2*2,4-13H2,1,3H3;9H,1-3,5H2,4H3. The highest BCUT2D eigenvalue weighted by Gasteiger charge is 2.20. The lowest BCUT2D eigenvalue weighted by Gasteiger charge is -2.01. The molecular weight excluding hydrogens is 444 g/mol. The van der Waals surface area contributed by atoms with Crippen LogP contribution in [0.4, 0.5) is 0 Å². The SMILES string of the molecule is C=C(C)CCCCCCCCCCC.C=C(C)CCCCCCCCCCC.C=C1CC(=C)C(C)C1=C. The van der Waals surface area contributed by atoms with Gasteiger partial charge in [-0.05, 0) is 57.1 Å². The second-order valence-electron chi connectivity index (χ2n) is 11.8. The Morgan fingerprint density at radius 3 is 1.05 bits per heavy atom. The molecule has 0 aliphatic heterocycles. The van der Waals surface area contributed by atoms with Crippen molar-refractivity contribution in [2.75, 3.05) is 0 Å². The molecule has 0 saturated heterocycles. The molecule has 1 rings (SSSR count). The molecule has 0 radical (unpaired) electrons. The second kappa shape index (κ2) is 27.7. The highest BCUT2D eigenvalue weighted by atomic mass is 14.3. The Kier molecular flexibility index (Phi) is 28.4. The monoisotopic (exact) mass is 513 g/mol. The van der Waals surface area contributed by atoms with Gasteiger partial charge >= 0.3 is 0 Å². The summed E-state index contributed by atoms with van der Waals surface area (Å²) in [6.07, 6.45) is 29.0. The zero-order chi connectivity index (χ0) is 28.3. The molecule has 0 aromatic rings. The number of unbranched alkanes of at least 4 members (excludes halogenated alkanes) is 16. The molecule has 1 fully saturated rings. The van der Waals surface area contributed by atoms with Crippen LogP contribution in [0.2, 0.25) is 0 Å². The van der Waals surface area contributed by atoms with E-state index in [0.717, 1.165) is 12.0 Å². The van der Waals surface area contributed by atoms with Crippen LogP contribution >= 0.6 is 0 Å². The summed E-state index contributed by atoms with van der Waals surface area (Å²) in [6, 6.07) is 0. The fourth-order valence-electron chi connectivity index (χ4n) is 4.57. The molecule has 0 bridgehead atoms. The van der Waals surface area contributed by atoms with Crippen molar-refractivity contribution >= 4 is 0 Å². The maximum atomic E-state index is 3.92. The molecule has 0 aromatic carbocycles. The molecule has 0 spiro atoms. The van der Waals surface area contributed by atoms with Crippen LogP contribution in [0.15, 0.2) is 60.8 Å². The van der Waals surface area contributed by atoms with E-state index in [9.17, 15) is 0 Å². The number of allylic oxidation sites excluding steroid dienone is 5. The summed E-state index contributed by atoms with van der Waals surface area (Å²) in [7, 11) is 0. The number of hydrogen-bond donors (Lipinski definition) is 0. The molecule has 1 atom stereocenters. The molecule has 0 aromatic heterocycles. The number of hydrogen-bond acceptors (Lipinski definition) is 0. The zero-order valence-corrected chi connectivity index (χ0v) is 26.5. The van der Waals surface area contributed by atoms with E-state index in [1.54, 1.807) is 0 Å². The van der Waals surface area contributed by atoms with Crippen LogP contribution in [-0.2, 0) is 0 Å². The second-order valence-corrected chi connectivity index (χ2v) is 11.8. The predicted molar refractivity (Wildman–Crippen MR) is 175 cm³/mol. The molecule has 1 aliphatic rings. The van der Waals surface area contributed by atoms with Gasteiger partial charge in [0.05, 0.1) is 0 Å². The van der Waals surface area contributed by atoms with E-state index >= 15 is 0 Å².